The molecule has 0 aliphatic rings. The third-order valence-corrected chi connectivity index (χ3v) is 8.72. The number of carbonyl (C=O) groups is 2. The van der Waals surface area contributed by atoms with Gasteiger partial charge in [0, 0.05) is 36.9 Å². The number of carbonyl (C=O) groups excluding carboxylic acids is 2. The Bertz CT molecular complexity index is 1440. The highest BCUT2D eigenvalue weighted by molar-refractivity contribution is 9.10. The van der Waals surface area contributed by atoms with Crippen molar-refractivity contribution in [3.63, 3.8) is 0 Å². The maximum atomic E-state index is 13.9. The molecule has 0 aromatic heterocycles. The van der Waals surface area contributed by atoms with Gasteiger partial charge in [-0.2, -0.15) is 0 Å². The Morgan fingerprint density at radius 2 is 1.60 bits per heavy atom. The molecule has 3 aromatic carbocycles. The number of benzene rings is 3. The molecule has 3 aromatic rings. The van der Waals surface area contributed by atoms with Gasteiger partial charge in [-0.15, -0.1) is 0 Å². The predicted molar refractivity (Wildman–Crippen MR) is 174 cm³/mol. The van der Waals surface area contributed by atoms with Crippen molar-refractivity contribution >= 4 is 43.5 Å². The fraction of sp³-hybridized carbons (Fsp3) is 0.394. The van der Waals surface area contributed by atoms with Crippen LogP contribution in [0.4, 0.5) is 5.69 Å². The van der Waals surface area contributed by atoms with E-state index in [9.17, 15) is 18.0 Å². The highest BCUT2D eigenvalue weighted by Gasteiger charge is 2.30. The van der Waals surface area contributed by atoms with Crippen molar-refractivity contribution in [2.75, 3.05) is 23.7 Å². The third-order valence-electron chi connectivity index (χ3n) is 7.01. The number of rotatable bonds is 14. The largest absolute Gasteiger partial charge is 0.354 e. The van der Waals surface area contributed by atoms with Crippen molar-refractivity contribution in [3.05, 3.63) is 99.5 Å². The van der Waals surface area contributed by atoms with Crippen molar-refractivity contribution < 1.29 is 18.0 Å². The summed E-state index contributed by atoms with van der Waals surface area (Å²) in [6.07, 6.45) is 1.95. The number of hydrogen-bond acceptors (Lipinski definition) is 4. The summed E-state index contributed by atoms with van der Waals surface area (Å²) in [7, 11) is -3.57. The molecule has 0 saturated heterocycles. The Balaban J connectivity index is 1.89. The standard InChI is InChI=1S/C33H42BrN3O4S/c1-24(2)22-35-33(39)31(21-27-10-7-6-8-11-27)36(23-28-15-17-29(34)18-16-28)32(38)12-9-19-37(42(5,40)41)30-20-25(3)13-14-26(30)4/h6-8,10-11,13-18,20,24,31H,9,12,19,21-23H2,1-5H3,(H,35,39)/t31-/m1/s1. The Labute approximate surface area is 259 Å². The predicted octanol–water partition coefficient (Wildman–Crippen LogP) is 6.02. The van der Waals surface area contributed by atoms with Gasteiger partial charge in [-0.1, -0.05) is 84.4 Å². The maximum absolute atomic E-state index is 13.9. The molecule has 0 unspecified atom stereocenters. The lowest BCUT2D eigenvalue weighted by Crippen LogP contribution is -2.51. The monoisotopic (exact) mass is 655 g/mol. The van der Waals surface area contributed by atoms with Gasteiger partial charge >= 0.3 is 0 Å². The van der Waals surface area contributed by atoms with Crippen molar-refractivity contribution in [1.82, 2.24) is 10.2 Å². The van der Waals surface area contributed by atoms with Crippen LogP contribution in [-0.2, 0) is 32.6 Å². The van der Waals surface area contributed by atoms with Crippen LogP contribution >= 0.6 is 15.9 Å². The van der Waals surface area contributed by atoms with E-state index in [0.717, 1.165) is 26.7 Å². The average Bonchev–Trinajstić information content (AvgIpc) is 2.94. The Morgan fingerprint density at radius 3 is 2.21 bits per heavy atom. The first-order valence-electron chi connectivity index (χ1n) is 14.3. The van der Waals surface area contributed by atoms with Crippen molar-refractivity contribution in [2.45, 2.75) is 59.5 Å². The number of anilines is 1. The van der Waals surface area contributed by atoms with Crippen LogP contribution < -0.4 is 9.62 Å². The zero-order valence-corrected chi connectivity index (χ0v) is 27.5. The highest BCUT2D eigenvalue weighted by Crippen LogP contribution is 2.25. The van der Waals surface area contributed by atoms with Gasteiger partial charge in [0.25, 0.3) is 0 Å². The number of amides is 2. The summed E-state index contributed by atoms with van der Waals surface area (Å²) in [5, 5.41) is 3.03. The second kappa shape index (κ2) is 15.3. The van der Waals surface area contributed by atoms with Gasteiger partial charge in [-0.25, -0.2) is 8.42 Å². The van der Waals surface area contributed by atoms with Gasteiger partial charge in [0.15, 0.2) is 0 Å². The average molecular weight is 657 g/mol. The SMILES string of the molecule is Cc1ccc(C)c(N(CCCC(=O)N(Cc2ccc(Br)cc2)[C@H](Cc2ccccc2)C(=O)NCC(C)C)S(C)(=O)=O)c1. The lowest BCUT2D eigenvalue weighted by molar-refractivity contribution is -0.141. The number of nitrogens with one attached hydrogen (secondary N) is 1. The number of sulfonamides is 1. The Hall–Kier alpha value is -3.17. The minimum atomic E-state index is -3.57. The topological polar surface area (TPSA) is 86.8 Å². The second-order valence-electron chi connectivity index (χ2n) is 11.2. The summed E-state index contributed by atoms with van der Waals surface area (Å²) in [4.78, 5) is 29.2. The maximum Gasteiger partial charge on any atom is 0.243 e. The molecule has 2 amide bonds. The molecule has 0 saturated carbocycles. The molecule has 0 bridgehead atoms. The molecule has 3 rings (SSSR count). The van der Waals surface area contributed by atoms with E-state index in [-0.39, 0.29) is 37.2 Å². The zero-order valence-electron chi connectivity index (χ0n) is 25.1. The number of nitrogens with zero attached hydrogens (tertiary/aromatic N) is 2. The smallest absolute Gasteiger partial charge is 0.243 e. The van der Waals surface area contributed by atoms with Gasteiger partial charge in [0.2, 0.25) is 21.8 Å². The second-order valence-corrected chi connectivity index (χ2v) is 14.0. The molecule has 42 heavy (non-hydrogen) atoms. The van der Waals surface area contributed by atoms with E-state index >= 15 is 0 Å². The summed E-state index contributed by atoms with van der Waals surface area (Å²) < 4.78 is 27.8. The van der Waals surface area contributed by atoms with Gasteiger partial charge in [-0.05, 0) is 66.6 Å². The van der Waals surface area contributed by atoms with E-state index < -0.39 is 16.1 Å². The van der Waals surface area contributed by atoms with E-state index in [1.54, 1.807) is 4.90 Å². The van der Waals surface area contributed by atoms with Crippen LogP contribution in [0.1, 0.15) is 48.9 Å². The van der Waals surface area contributed by atoms with E-state index in [0.29, 0.717) is 25.1 Å². The molecular weight excluding hydrogens is 614 g/mol. The third kappa shape index (κ3) is 9.98. The summed E-state index contributed by atoms with van der Waals surface area (Å²) in [6.45, 7) is 8.77. The zero-order chi connectivity index (χ0) is 30.9. The number of halogens is 1. The molecule has 1 N–H and O–H groups in total. The van der Waals surface area contributed by atoms with Gasteiger partial charge in [0.1, 0.15) is 6.04 Å². The van der Waals surface area contributed by atoms with Crippen molar-refractivity contribution in [1.29, 1.82) is 0 Å². The molecular formula is C33H42BrN3O4S. The van der Waals surface area contributed by atoms with Gasteiger partial charge in [-0.3, -0.25) is 13.9 Å². The van der Waals surface area contributed by atoms with E-state index in [2.05, 4.69) is 21.2 Å². The molecule has 1 atom stereocenters. The molecule has 0 fully saturated rings. The number of aryl methyl sites for hydroxylation is 2. The van der Waals surface area contributed by atoms with Crippen LogP contribution in [0.2, 0.25) is 0 Å². The van der Waals surface area contributed by atoms with E-state index in [1.165, 1.54) is 10.6 Å². The minimum absolute atomic E-state index is 0.0934. The van der Waals surface area contributed by atoms with Crippen LogP contribution in [0, 0.1) is 19.8 Å². The van der Waals surface area contributed by atoms with Crippen LogP contribution in [-0.4, -0.2) is 50.5 Å². The minimum Gasteiger partial charge on any atom is -0.354 e. The van der Waals surface area contributed by atoms with Crippen LogP contribution in [0.15, 0.2) is 77.3 Å². The van der Waals surface area contributed by atoms with Crippen LogP contribution in [0.5, 0.6) is 0 Å². The van der Waals surface area contributed by atoms with E-state index in [1.807, 2.05) is 100 Å². The molecule has 0 aliphatic carbocycles. The normalized spacial score (nSPS) is 12.2. The highest BCUT2D eigenvalue weighted by atomic mass is 79.9. The Morgan fingerprint density at radius 1 is 0.929 bits per heavy atom. The first kappa shape index (κ1) is 33.3. The van der Waals surface area contributed by atoms with Gasteiger partial charge < -0.3 is 10.2 Å². The first-order valence-corrected chi connectivity index (χ1v) is 16.9. The fourth-order valence-corrected chi connectivity index (χ4v) is 6.01. The lowest BCUT2D eigenvalue weighted by atomic mass is 10.0. The quantitative estimate of drug-likeness (QED) is 0.230. The molecule has 0 aliphatic heterocycles. The summed E-state index contributed by atoms with van der Waals surface area (Å²) >= 11 is 3.47. The lowest BCUT2D eigenvalue weighted by Gasteiger charge is -2.32. The van der Waals surface area contributed by atoms with E-state index in [4.69, 9.17) is 0 Å². The van der Waals surface area contributed by atoms with Crippen LogP contribution in [0.25, 0.3) is 0 Å². The number of hydrogen-bond donors (Lipinski definition) is 1. The summed E-state index contributed by atoms with van der Waals surface area (Å²) in [6, 6.07) is 22.3. The summed E-state index contributed by atoms with van der Waals surface area (Å²) in [5.74, 6) is -0.145. The first-order chi connectivity index (χ1) is 19.8. The molecule has 0 heterocycles. The molecule has 226 valence electrons. The van der Waals surface area contributed by atoms with Crippen molar-refractivity contribution in [2.24, 2.45) is 5.92 Å². The summed E-state index contributed by atoms with van der Waals surface area (Å²) in [5.41, 5.74) is 4.27. The van der Waals surface area contributed by atoms with Gasteiger partial charge in [0.05, 0.1) is 11.9 Å². The molecule has 9 heteroatoms. The van der Waals surface area contributed by atoms with Crippen LogP contribution in [0.3, 0.4) is 0 Å². The van der Waals surface area contributed by atoms with Crippen molar-refractivity contribution in [3.8, 4) is 0 Å². The molecule has 0 radical (unpaired) electrons. The fourth-order valence-electron chi connectivity index (χ4n) is 4.73. The molecule has 7 nitrogen and oxygen atoms in total. The molecule has 0 spiro atoms. The Kier molecular flexibility index (Phi) is 12.2.